The Morgan fingerprint density at radius 2 is 1.77 bits per heavy atom. The summed E-state index contributed by atoms with van der Waals surface area (Å²) in [6, 6.07) is 23.4. The summed E-state index contributed by atoms with van der Waals surface area (Å²) in [7, 11) is 0. The quantitative estimate of drug-likeness (QED) is 0.213. The van der Waals surface area contributed by atoms with Crippen molar-refractivity contribution >= 4 is 46.9 Å². The first kappa shape index (κ1) is 25.7. The van der Waals surface area contributed by atoms with Crippen LogP contribution in [0.1, 0.15) is 39.0 Å². The molecule has 0 radical (unpaired) electrons. The highest BCUT2D eigenvalue weighted by Gasteiger charge is 2.29. The number of hydrazone groups is 1. The van der Waals surface area contributed by atoms with Crippen molar-refractivity contribution in [3.63, 3.8) is 0 Å². The van der Waals surface area contributed by atoms with Crippen molar-refractivity contribution in [2.24, 2.45) is 5.10 Å². The van der Waals surface area contributed by atoms with Gasteiger partial charge in [0.05, 0.1) is 28.1 Å². The second kappa shape index (κ2) is 10.8. The maximum absolute atomic E-state index is 13.0. The third-order valence-corrected chi connectivity index (χ3v) is 6.40. The Labute approximate surface area is 228 Å². The van der Waals surface area contributed by atoms with E-state index in [9.17, 15) is 19.5 Å². The Morgan fingerprint density at radius 3 is 2.51 bits per heavy atom. The highest BCUT2D eigenvalue weighted by atomic mass is 35.5. The predicted octanol–water partition coefficient (Wildman–Crippen LogP) is 6.46. The molecule has 4 aromatic rings. The van der Waals surface area contributed by atoms with Crippen LogP contribution in [0.5, 0.6) is 0 Å². The van der Waals surface area contributed by atoms with Gasteiger partial charge in [-0.1, -0.05) is 48.0 Å². The minimum Gasteiger partial charge on any atom is -0.478 e. The lowest BCUT2D eigenvalue weighted by Gasteiger charge is -2.12. The molecule has 2 heterocycles. The standard InChI is InChI=1S/C30H21ClN2O6/c1-18-25(28(34)33(32-18)23-7-4-6-21(15-23)29(35)36)16-24-13-14-27(39-24)19-9-11-20(12-10-19)30(37)38-17-22-5-2-3-8-26(22)31/h2-16H,17H2,1H3,(H,35,36)/b25-16-. The van der Waals surface area contributed by atoms with E-state index in [2.05, 4.69) is 5.10 Å². The number of hydrogen-bond donors (Lipinski definition) is 1. The molecule has 5 rings (SSSR count). The molecule has 39 heavy (non-hydrogen) atoms. The van der Waals surface area contributed by atoms with Gasteiger partial charge in [-0.25, -0.2) is 9.59 Å². The largest absolute Gasteiger partial charge is 0.478 e. The van der Waals surface area contributed by atoms with E-state index in [1.807, 2.05) is 6.07 Å². The minimum absolute atomic E-state index is 0.0566. The van der Waals surface area contributed by atoms with Crippen molar-refractivity contribution in [1.29, 1.82) is 0 Å². The third-order valence-electron chi connectivity index (χ3n) is 6.04. The van der Waals surface area contributed by atoms with Crippen molar-refractivity contribution in [2.75, 3.05) is 5.01 Å². The number of furan rings is 1. The number of ether oxygens (including phenoxy) is 1. The van der Waals surface area contributed by atoms with Gasteiger partial charge in [-0.3, -0.25) is 4.79 Å². The molecule has 1 amide bonds. The summed E-state index contributed by atoms with van der Waals surface area (Å²) in [5.74, 6) is -0.979. The van der Waals surface area contributed by atoms with Crippen molar-refractivity contribution in [3.05, 3.63) is 118 Å². The van der Waals surface area contributed by atoms with Gasteiger partial charge in [0.1, 0.15) is 18.1 Å². The Bertz CT molecular complexity index is 1650. The molecule has 8 nitrogen and oxygen atoms in total. The van der Waals surface area contributed by atoms with E-state index in [1.165, 1.54) is 17.1 Å². The Hall–Kier alpha value is -4.95. The number of hydrogen-bond acceptors (Lipinski definition) is 6. The van der Waals surface area contributed by atoms with Crippen LogP contribution in [0.25, 0.3) is 17.4 Å². The molecule has 0 aliphatic carbocycles. The van der Waals surface area contributed by atoms with Gasteiger partial charge in [-0.15, -0.1) is 0 Å². The molecule has 1 aliphatic heterocycles. The van der Waals surface area contributed by atoms with Gasteiger partial charge in [0.25, 0.3) is 5.91 Å². The van der Waals surface area contributed by atoms with Gasteiger partial charge in [0, 0.05) is 16.1 Å². The maximum atomic E-state index is 13.0. The number of benzene rings is 3. The fourth-order valence-electron chi connectivity index (χ4n) is 3.97. The predicted molar refractivity (Wildman–Crippen MR) is 147 cm³/mol. The summed E-state index contributed by atoms with van der Waals surface area (Å²) in [5, 5.41) is 15.2. The number of carboxylic acids is 1. The molecule has 0 fully saturated rings. The number of halogens is 1. The zero-order valence-corrected chi connectivity index (χ0v) is 21.4. The van der Waals surface area contributed by atoms with Gasteiger partial charge in [-0.05, 0) is 61.5 Å². The Balaban J connectivity index is 1.28. The summed E-state index contributed by atoms with van der Waals surface area (Å²) < 4.78 is 11.3. The molecule has 0 saturated carbocycles. The number of nitrogens with zero attached hydrogens (tertiary/aromatic N) is 2. The molecular weight excluding hydrogens is 520 g/mol. The number of esters is 1. The van der Waals surface area contributed by atoms with Crippen LogP contribution in [0.15, 0.2) is 100 Å². The van der Waals surface area contributed by atoms with E-state index >= 15 is 0 Å². The minimum atomic E-state index is -1.09. The number of aromatic carboxylic acids is 1. The zero-order chi connectivity index (χ0) is 27.5. The van der Waals surface area contributed by atoms with Crippen LogP contribution in [0.4, 0.5) is 5.69 Å². The lowest BCUT2D eigenvalue weighted by atomic mass is 10.1. The zero-order valence-electron chi connectivity index (χ0n) is 20.6. The fraction of sp³-hybridized carbons (Fsp3) is 0.0667. The van der Waals surface area contributed by atoms with Gasteiger partial charge in [0.15, 0.2) is 0 Å². The van der Waals surface area contributed by atoms with Crippen molar-refractivity contribution in [1.82, 2.24) is 0 Å². The molecule has 0 unspecified atom stereocenters. The molecule has 0 spiro atoms. The van der Waals surface area contributed by atoms with Crippen molar-refractivity contribution in [2.45, 2.75) is 13.5 Å². The van der Waals surface area contributed by atoms with Crippen LogP contribution in [0.3, 0.4) is 0 Å². The maximum Gasteiger partial charge on any atom is 0.338 e. The lowest BCUT2D eigenvalue weighted by Crippen LogP contribution is -2.21. The Kier molecular flexibility index (Phi) is 7.12. The average Bonchev–Trinajstić information content (AvgIpc) is 3.53. The summed E-state index contributed by atoms with van der Waals surface area (Å²) in [6.45, 7) is 1.76. The molecule has 3 aromatic carbocycles. The molecule has 1 N–H and O–H groups in total. The van der Waals surface area contributed by atoms with Crippen LogP contribution in [0, 0.1) is 0 Å². The number of rotatable bonds is 7. The number of anilines is 1. The molecule has 1 aromatic heterocycles. The van der Waals surface area contributed by atoms with Gasteiger partial charge in [0.2, 0.25) is 0 Å². The second-order valence-corrected chi connectivity index (χ2v) is 9.07. The lowest BCUT2D eigenvalue weighted by molar-refractivity contribution is -0.114. The first-order chi connectivity index (χ1) is 18.8. The first-order valence-electron chi connectivity index (χ1n) is 11.9. The second-order valence-electron chi connectivity index (χ2n) is 8.66. The highest BCUT2D eigenvalue weighted by molar-refractivity contribution is 6.32. The fourth-order valence-corrected chi connectivity index (χ4v) is 4.16. The van der Waals surface area contributed by atoms with Crippen LogP contribution in [-0.4, -0.2) is 28.7 Å². The van der Waals surface area contributed by atoms with Crippen LogP contribution >= 0.6 is 11.6 Å². The molecule has 0 saturated heterocycles. The van der Waals surface area contributed by atoms with Gasteiger partial charge in [-0.2, -0.15) is 10.1 Å². The number of carbonyl (C=O) groups is 3. The van der Waals surface area contributed by atoms with E-state index in [-0.39, 0.29) is 12.2 Å². The van der Waals surface area contributed by atoms with Crippen LogP contribution in [0.2, 0.25) is 5.02 Å². The summed E-state index contributed by atoms with van der Waals surface area (Å²) in [4.78, 5) is 36.8. The summed E-state index contributed by atoms with van der Waals surface area (Å²) >= 11 is 6.11. The van der Waals surface area contributed by atoms with E-state index < -0.39 is 17.8 Å². The molecule has 9 heteroatoms. The summed E-state index contributed by atoms with van der Waals surface area (Å²) in [5.41, 5.74) is 3.05. The molecule has 1 aliphatic rings. The average molecular weight is 541 g/mol. The van der Waals surface area contributed by atoms with Crippen molar-refractivity contribution in [3.8, 4) is 11.3 Å². The van der Waals surface area contributed by atoms with Crippen molar-refractivity contribution < 1.29 is 28.6 Å². The highest BCUT2D eigenvalue weighted by Crippen LogP contribution is 2.28. The van der Waals surface area contributed by atoms with E-state index in [1.54, 1.807) is 79.7 Å². The molecule has 0 atom stereocenters. The molecule has 0 bridgehead atoms. The van der Waals surface area contributed by atoms with E-state index in [0.29, 0.717) is 39.1 Å². The van der Waals surface area contributed by atoms with E-state index in [0.717, 1.165) is 11.1 Å². The number of carbonyl (C=O) groups excluding carboxylic acids is 2. The van der Waals surface area contributed by atoms with Gasteiger partial charge >= 0.3 is 11.9 Å². The topological polar surface area (TPSA) is 109 Å². The smallest absolute Gasteiger partial charge is 0.338 e. The third kappa shape index (κ3) is 5.51. The molecular formula is C30H21ClN2O6. The van der Waals surface area contributed by atoms with Crippen LogP contribution < -0.4 is 5.01 Å². The SMILES string of the molecule is CC1=NN(c2cccc(C(=O)O)c2)C(=O)/C1=C\c1ccc(-c2ccc(C(=O)OCc3ccccc3Cl)cc2)o1. The van der Waals surface area contributed by atoms with Crippen LogP contribution in [-0.2, 0) is 16.1 Å². The van der Waals surface area contributed by atoms with Gasteiger partial charge < -0.3 is 14.3 Å². The molecule has 194 valence electrons. The first-order valence-corrected chi connectivity index (χ1v) is 12.2. The number of carboxylic acid groups (broad SMARTS) is 1. The number of amides is 1. The summed E-state index contributed by atoms with van der Waals surface area (Å²) in [6.07, 6.45) is 1.59. The Morgan fingerprint density at radius 1 is 1.00 bits per heavy atom. The van der Waals surface area contributed by atoms with E-state index in [4.69, 9.17) is 20.8 Å². The monoisotopic (exact) mass is 540 g/mol. The normalized spacial score (nSPS) is 14.0.